The lowest BCUT2D eigenvalue weighted by molar-refractivity contribution is 0.0945. The summed E-state index contributed by atoms with van der Waals surface area (Å²) in [5.41, 5.74) is 2.24. The van der Waals surface area contributed by atoms with E-state index in [1.54, 1.807) is 12.1 Å². The van der Waals surface area contributed by atoms with Gasteiger partial charge >= 0.3 is 0 Å². The Bertz CT molecular complexity index is 776. The minimum Gasteiger partial charge on any atom is -0.459 e. The number of furan rings is 1. The van der Waals surface area contributed by atoms with Crippen LogP contribution in [0, 0.1) is 0 Å². The fourth-order valence-electron chi connectivity index (χ4n) is 2.45. The number of nitrogens with one attached hydrogen (secondary N) is 1. The van der Waals surface area contributed by atoms with Gasteiger partial charge in [-0.15, -0.1) is 0 Å². The zero-order valence-corrected chi connectivity index (χ0v) is 14.4. The molecule has 25 heavy (non-hydrogen) atoms. The molecule has 0 aliphatic heterocycles. The van der Waals surface area contributed by atoms with Gasteiger partial charge in [0.15, 0.2) is 10.9 Å². The second kappa shape index (κ2) is 8.26. The lowest BCUT2D eigenvalue weighted by Crippen LogP contribution is -2.41. The largest absolute Gasteiger partial charge is 0.459 e. The summed E-state index contributed by atoms with van der Waals surface area (Å²) < 4.78 is 5.12. The first-order valence-corrected chi connectivity index (χ1v) is 8.35. The van der Waals surface area contributed by atoms with Gasteiger partial charge in [0.2, 0.25) is 0 Å². The molecule has 0 saturated carbocycles. The lowest BCUT2D eigenvalue weighted by Gasteiger charge is -2.25. The van der Waals surface area contributed by atoms with Crippen LogP contribution in [0.2, 0.25) is 0 Å². The van der Waals surface area contributed by atoms with Crippen LogP contribution in [-0.4, -0.2) is 15.9 Å². The molecule has 0 aliphatic rings. The number of hydrogen-bond acceptors (Lipinski definition) is 3. The molecule has 1 aromatic heterocycles. The summed E-state index contributed by atoms with van der Waals surface area (Å²) in [6.07, 6.45) is 1.46. The number of benzene rings is 2. The van der Waals surface area contributed by atoms with Crippen LogP contribution in [0.3, 0.4) is 0 Å². The van der Waals surface area contributed by atoms with Crippen LogP contribution in [0.25, 0.3) is 0 Å². The highest BCUT2D eigenvalue weighted by molar-refractivity contribution is 7.80. The maximum absolute atomic E-state index is 12.2. The SMILES string of the molecule is O=C(NC(=S)N(Cc1ccccc1)Cc1ccccc1)c1ccco1. The number of rotatable bonds is 5. The second-order valence-corrected chi connectivity index (χ2v) is 5.95. The third kappa shape index (κ3) is 4.78. The van der Waals surface area contributed by atoms with E-state index in [-0.39, 0.29) is 11.7 Å². The van der Waals surface area contributed by atoms with Gasteiger partial charge in [0.05, 0.1) is 6.26 Å². The molecule has 0 fully saturated rings. The van der Waals surface area contributed by atoms with E-state index in [1.165, 1.54) is 6.26 Å². The smallest absolute Gasteiger partial charge is 0.293 e. The molecule has 0 radical (unpaired) electrons. The lowest BCUT2D eigenvalue weighted by atomic mass is 10.2. The van der Waals surface area contributed by atoms with Crippen molar-refractivity contribution in [1.29, 1.82) is 0 Å². The summed E-state index contributed by atoms with van der Waals surface area (Å²) in [6.45, 7) is 1.21. The van der Waals surface area contributed by atoms with E-state index in [0.717, 1.165) is 11.1 Å². The Hall–Kier alpha value is -2.92. The normalized spacial score (nSPS) is 10.2. The third-order valence-corrected chi connectivity index (χ3v) is 4.05. The molecular weight excluding hydrogens is 332 g/mol. The van der Waals surface area contributed by atoms with E-state index in [0.29, 0.717) is 18.2 Å². The molecule has 0 atom stereocenters. The first-order valence-electron chi connectivity index (χ1n) is 7.94. The van der Waals surface area contributed by atoms with Crippen LogP contribution in [0.1, 0.15) is 21.7 Å². The van der Waals surface area contributed by atoms with Gasteiger partial charge in [-0.05, 0) is 35.5 Å². The Morgan fingerprint density at radius 2 is 1.44 bits per heavy atom. The van der Waals surface area contributed by atoms with Crippen molar-refractivity contribution in [2.75, 3.05) is 0 Å². The molecule has 3 rings (SSSR count). The Balaban J connectivity index is 1.74. The van der Waals surface area contributed by atoms with Crippen LogP contribution in [-0.2, 0) is 13.1 Å². The highest BCUT2D eigenvalue weighted by Crippen LogP contribution is 2.11. The number of nitrogens with zero attached hydrogens (tertiary/aromatic N) is 1. The first kappa shape index (κ1) is 16.9. The standard InChI is InChI=1S/C20H18N2O2S/c23-19(18-12-7-13-24-18)21-20(25)22(14-16-8-3-1-4-9-16)15-17-10-5-2-6-11-17/h1-13H,14-15H2,(H,21,23,25). The van der Waals surface area contributed by atoms with Crippen molar-refractivity contribution < 1.29 is 9.21 Å². The quantitative estimate of drug-likeness (QED) is 0.707. The van der Waals surface area contributed by atoms with Gasteiger partial charge in [0.1, 0.15) is 0 Å². The predicted molar refractivity (Wildman–Crippen MR) is 101 cm³/mol. The van der Waals surface area contributed by atoms with Crippen molar-refractivity contribution in [3.63, 3.8) is 0 Å². The zero-order chi connectivity index (χ0) is 17.5. The molecule has 0 spiro atoms. The van der Waals surface area contributed by atoms with E-state index in [4.69, 9.17) is 16.6 Å². The Morgan fingerprint density at radius 1 is 0.880 bits per heavy atom. The van der Waals surface area contributed by atoms with Crippen LogP contribution < -0.4 is 5.32 Å². The first-order chi connectivity index (χ1) is 12.2. The van der Waals surface area contributed by atoms with Crippen LogP contribution in [0.5, 0.6) is 0 Å². The summed E-state index contributed by atoms with van der Waals surface area (Å²) in [6, 6.07) is 23.3. The number of carbonyl (C=O) groups excluding carboxylic acids is 1. The minimum atomic E-state index is -0.346. The molecule has 1 heterocycles. The van der Waals surface area contributed by atoms with Crippen LogP contribution >= 0.6 is 12.2 Å². The van der Waals surface area contributed by atoms with Gasteiger partial charge in [-0.3, -0.25) is 10.1 Å². The predicted octanol–water partition coefficient (Wildman–Crippen LogP) is 4.00. The highest BCUT2D eigenvalue weighted by Gasteiger charge is 2.16. The van der Waals surface area contributed by atoms with Crippen molar-refractivity contribution >= 4 is 23.2 Å². The van der Waals surface area contributed by atoms with Gasteiger partial charge in [0, 0.05) is 13.1 Å². The summed E-state index contributed by atoms with van der Waals surface area (Å²) in [5, 5.41) is 3.12. The summed E-state index contributed by atoms with van der Waals surface area (Å²) in [4.78, 5) is 14.2. The molecule has 5 heteroatoms. The number of amides is 1. The molecule has 126 valence electrons. The van der Waals surface area contributed by atoms with E-state index in [9.17, 15) is 4.79 Å². The topological polar surface area (TPSA) is 45.5 Å². The minimum absolute atomic E-state index is 0.238. The maximum atomic E-state index is 12.2. The number of carbonyl (C=O) groups is 1. The van der Waals surface area contributed by atoms with E-state index < -0.39 is 0 Å². The van der Waals surface area contributed by atoms with E-state index >= 15 is 0 Å². The molecule has 1 N–H and O–H groups in total. The van der Waals surface area contributed by atoms with Gasteiger partial charge in [0.25, 0.3) is 5.91 Å². The molecule has 0 unspecified atom stereocenters. The molecule has 4 nitrogen and oxygen atoms in total. The molecule has 1 amide bonds. The molecule has 0 saturated heterocycles. The maximum Gasteiger partial charge on any atom is 0.293 e. The molecular formula is C20H18N2O2S. The average Bonchev–Trinajstić information content (AvgIpc) is 3.18. The van der Waals surface area contributed by atoms with E-state index in [2.05, 4.69) is 5.32 Å². The molecule has 0 aliphatic carbocycles. The van der Waals surface area contributed by atoms with Crippen molar-refractivity contribution in [3.8, 4) is 0 Å². The molecule has 0 bridgehead atoms. The van der Waals surface area contributed by atoms with Gasteiger partial charge < -0.3 is 9.32 Å². The van der Waals surface area contributed by atoms with Crippen LogP contribution in [0.15, 0.2) is 83.5 Å². The highest BCUT2D eigenvalue weighted by atomic mass is 32.1. The fraction of sp³-hybridized carbons (Fsp3) is 0.100. The number of hydrogen-bond donors (Lipinski definition) is 1. The van der Waals surface area contributed by atoms with Gasteiger partial charge in [-0.25, -0.2) is 0 Å². The van der Waals surface area contributed by atoms with E-state index in [1.807, 2.05) is 65.6 Å². The van der Waals surface area contributed by atoms with Crippen LogP contribution in [0.4, 0.5) is 0 Å². The molecule has 3 aromatic rings. The van der Waals surface area contributed by atoms with Crippen molar-refractivity contribution in [3.05, 3.63) is 95.9 Å². The van der Waals surface area contributed by atoms with Gasteiger partial charge in [-0.1, -0.05) is 60.7 Å². The Labute approximate surface area is 152 Å². The monoisotopic (exact) mass is 350 g/mol. The zero-order valence-electron chi connectivity index (χ0n) is 13.6. The molecule has 2 aromatic carbocycles. The average molecular weight is 350 g/mol. The Morgan fingerprint density at radius 3 is 1.92 bits per heavy atom. The number of thiocarbonyl (C=S) groups is 1. The second-order valence-electron chi connectivity index (χ2n) is 5.56. The van der Waals surface area contributed by atoms with Gasteiger partial charge in [-0.2, -0.15) is 0 Å². The fourth-order valence-corrected chi connectivity index (χ4v) is 2.67. The van der Waals surface area contributed by atoms with Crippen molar-refractivity contribution in [2.45, 2.75) is 13.1 Å². The van der Waals surface area contributed by atoms with Crippen molar-refractivity contribution in [1.82, 2.24) is 10.2 Å². The summed E-state index contributed by atoms with van der Waals surface area (Å²) in [5.74, 6) is -0.108. The Kier molecular flexibility index (Phi) is 5.59. The summed E-state index contributed by atoms with van der Waals surface area (Å²) >= 11 is 5.48. The third-order valence-electron chi connectivity index (χ3n) is 3.69. The summed E-state index contributed by atoms with van der Waals surface area (Å²) in [7, 11) is 0. The van der Waals surface area contributed by atoms with Crippen molar-refractivity contribution in [2.24, 2.45) is 0 Å².